The molecule has 0 saturated carbocycles. The predicted octanol–water partition coefficient (Wildman–Crippen LogP) is 4.07. The number of nitrogens with one attached hydrogen (secondary N) is 1. The van der Waals surface area contributed by atoms with Gasteiger partial charge in [-0.05, 0) is 24.3 Å². The molecule has 21 heavy (non-hydrogen) atoms. The minimum Gasteiger partial charge on any atom is -0.507 e. The van der Waals surface area contributed by atoms with Gasteiger partial charge in [0, 0.05) is 23.0 Å². The number of rotatable bonds is 4. The predicted molar refractivity (Wildman–Crippen MR) is 85.1 cm³/mol. The Balaban J connectivity index is 1.88. The van der Waals surface area contributed by atoms with E-state index in [4.69, 9.17) is 0 Å². The van der Waals surface area contributed by atoms with E-state index in [1.807, 2.05) is 60.7 Å². The van der Waals surface area contributed by atoms with Gasteiger partial charge in [0.2, 0.25) is 0 Å². The Morgan fingerprint density at radius 1 is 0.810 bits per heavy atom. The lowest BCUT2D eigenvalue weighted by molar-refractivity contribution is 0.477. The minimum absolute atomic E-state index is 0.270. The average Bonchev–Trinajstić information content (AvgIpc) is 2.55. The molecule has 1 aromatic heterocycles. The molecule has 0 fully saturated rings. The van der Waals surface area contributed by atoms with Crippen LogP contribution in [-0.4, -0.2) is 10.1 Å². The van der Waals surface area contributed by atoms with Crippen LogP contribution in [0.4, 0.5) is 5.69 Å². The highest BCUT2D eigenvalue weighted by atomic mass is 16.3. The average molecular weight is 276 g/mol. The number of pyridine rings is 1. The lowest BCUT2D eigenvalue weighted by Gasteiger charge is -2.11. The molecule has 3 rings (SSSR count). The van der Waals surface area contributed by atoms with E-state index >= 15 is 0 Å². The van der Waals surface area contributed by atoms with Crippen LogP contribution < -0.4 is 5.32 Å². The summed E-state index contributed by atoms with van der Waals surface area (Å²) in [6, 6.07) is 21.2. The standard InChI is InChI=1S/C18H16N2O/c21-18-11-5-4-9-16(18)15-10-6-12-19-17(15)13-20-14-7-2-1-3-8-14/h1-12,20-21H,13H2. The number of phenols is 1. The maximum atomic E-state index is 10.0. The number of phenolic OH excluding ortho intramolecular Hbond substituents is 1. The second-order valence-electron chi connectivity index (χ2n) is 4.73. The summed E-state index contributed by atoms with van der Waals surface area (Å²) in [5.41, 5.74) is 3.70. The maximum Gasteiger partial charge on any atom is 0.123 e. The van der Waals surface area contributed by atoms with Gasteiger partial charge >= 0.3 is 0 Å². The Morgan fingerprint density at radius 3 is 2.33 bits per heavy atom. The topological polar surface area (TPSA) is 45.2 Å². The van der Waals surface area contributed by atoms with Crippen molar-refractivity contribution in [3.05, 3.63) is 78.6 Å². The molecular weight excluding hydrogens is 260 g/mol. The Hall–Kier alpha value is -2.81. The van der Waals surface area contributed by atoms with Crippen molar-refractivity contribution in [1.82, 2.24) is 4.98 Å². The van der Waals surface area contributed by atoms with E-state index in [2.05, 4.69) is 10.3 Å². The molecule has 0 aliphatic heterocycles. The van der Waals surface area contributed by atoms with E-state index in [1.54, 1.807) is 12.3 Å². The van der Waals surface area contributed by atoms with E-state index in [0.717, 1.165) is 22.5 Å². The van der Waals surface area contributed by atoms with Gasteiger partial charge in [-0.1, -0.05) is 42.5 Å². The Morgan fingerprint density at radius 2 is 1.52 bits per heavy atom. The van der Waals surface area contributed by atoms with Crippen molar-refractivity contribution >= 4 is 5.69 Å². The molecule has 0 atom stereocenters. The number of benzene rings is 2. The van der Waals surface area contributed by atoms with Gasteiger partial charge in [0.25, 0.3) is 0 Å². The number of hydrogen-bond acceptors (Lipinski definition) is 3. The van der Waals surface area contributed by atoms with Gasteiger partial charge in [-0.2, -0.15) is 0 Å². The molecule has 0 aliphatic carbocycles. The summed E-state index contributed by atoms with van der Waals surface area (Å²) in [7, 11) is 0. The molecule has 3 heteroatoms. The van der Waals surface area contributed by atoms with E-state index in [1.165, 1.54) is 0 Å². The summed E-state index contributed by atoms with van der Waals surface area (Å²) in [6.45, 7) is 0.606. The van der Waals surface area contributed by atoms with Crippen molar-refractivity contribution in [2.24, 2.45) is 0 Å². The Bertz CT molecular complexity index is 726. The first kappa shape index (κ1) is 13.2. The molecule has 3 aromatic rings. The largest absolute Gasteiger partial charge is 0.507 e. The van der Waals surface area contributed by atoms with Crippen molar-refractivity contribution < 1.29 is 5.11 Å². The van der Waals surface area contributed by atoms with Gasteiger partial charge in [-0.15, -0.1) is 0 Å². The summed E-state index contributed by atoms with van der Waals surface area (Å²) in [4.78, 5) is 4.44. The molecule has 0 unspecified atom stereocenters. The molecule has 0 aliphatic rings. The first-order valence-electron chi connectivity index (χ1n) is 6.86. The van der Waals surface area contributed by atoms with Crippen LogP contribution in [0.2, 0.25) is 0 Å². The summed E-state index contributed by atoms with van der Waals surface area (Å²) in [6.07, 6.45) is 1.77. The summed E-state index contributed by atoms with van der Waals surface area (Å²) < 4.78 is 0. The third-order valence-corrected chi connectivity index (χ3v) is 3.32. The molecule has 0 bridgehead atoms. The fraction of sp³-hybridized carbons (Fsp3) is 0.0556. The molecule has 0 radical (unpaired) electrons. The SMILES string of the molecule is Oc1ccccc1-c1cccnc1CNc1ccccc1. The molecule has 0 amide bonds. The Labute approximate surface area is 123 Å². The lowest BCUT2D eigenvalue weighted by atomic mass is 10.0. The highest BCUT2D eigenvalue weighted by Gasteiger charge is 2.09. The molecular formula is C18H16N2O. The van der Waals surface area contributed by atoms with Crippen molar-refractivity contribution in [2.45, 2.75) is 6.54 Å². The lowest BCUT2D eigenvalue weighted by Crippen LogP contribution is -2.03. The smallest absolute Gasteiger partial charge is 0.123 e. The summed E-state index contributed by atoms with van der Waals surface area (Å²) >= 11 is 0. The van der Waals surface area contributed by atoms with Crippen molar-refractivity contribution in [2.75, 3.05) is 5.32 Å². The third kappa shape index (κ3) is 3.03. The number of nitrogens with zero attached hydrogens (tertiary/aromatic N) is 1. The molecule has 3 nitrogen and oxygen atoms in total. The molecule has 1 heterocycles. The number of aromatic hydroxyl groups is 1. The second-order valence-corrected chi connectivity index (χ2v) is 4.73. The van der Waals surface area contributed by atoms with Crippen LogP contribution in [0.3, 0.4) is 0 Å². The van der Waals surface area contributed by atoms with E-state index in [0.29, 0.717) is 6.54 Å². The first-order valence-corrected chi connectivity index (χ1v) is 6.86. The zero-order valence-electron chi connectivity index (χ0n) is 11.5. The van der Waals surface area contributed by atoms with Crippen molar-refractivity contribution in [1.29, 1.82) is 0 Å². The zero-order chi connectivity index (χ0) is 14.5. The van der Waals surface area contributed by atoms with Crippen LogP contribution in [0.1, 0.15) is 5.69 Å². The zero-order valence-corrected chi connectivity index (χ0v) is 11.5. The fourth-order valence-electron chi connectivity index (χ4n) is 2.27. The molecule has 2 N–H and O–H groups in total. The highest BCUT2D eigenvalue weighted by molar-refractivity contribution is 5.72. The first-order chi connectivity index (χ1) is 10.3. The van der Waals surface area contributed by atoms with Crippen molar-refractivity contribution in [3.8, 4) is 16.9 Å². The van der Waals surface area contributed by atoms with Crippen LogP contribution in [0.15, 0.2) is 72.9 Å². The van der Waals surface area contributed by atoms with Crippen LogP contribution in [-0.2, 0) is 6.54 Å². The molecule has 0 spiro atoms. The van der Waals surface area contributed by atoms with Gasteiger partial charge in [-0.25, -0.2) is 0 Å². The summed E-state index contributed by atoms with van der Waals surface area (Å²) in [5.74, 6) is 0.270. The number of hydrogen-bond donors (Lipinski definition) is 2. The number of aromatic nitrogens is 1. The number of para-hydroxylation sites is 2. The van der Waals surface area contributed by atoms with E-state index < -0.39 is 0 Å². The van der Waals surface area contributed by atoms with E-state index in [-0.39, 0.29) is 5.75 Å². The fourth-order valence-corrected chi connectivity index (χ4v) is 2.27. The summed E-state index contributed by atoms with van der Waals surface area (Å²) in [5, 5.41) is 13.4. The van der Waals surface area contributed by atoms with Gasteiger partial charge in [0.15, 0.2) is 0 Å². The monoisotopic (exact) mass is 276 g/mol. The Kier molecular flexibility index (Phi) is 3.83. The third-order valence-electron chi connectivity index (χ3n) is 3.32. The van der Waals surface area contributed by atoms with Gasteiger partial charge < -0.3 is 10.4 Å². The molecule has 2 aromatic carbocycles. The van der Waals surface area contributed by atoms with Crippen LogP contribution in [0.5, 0.6) is 5.75 Å². The van der Waals surface area contributed by atoms with E-state index in [9.17, 15) is 5.11 Å². The van der Waals surface area contributed by atoms with Crippen LogP contribution in [0, 0.1) is 0 Å². The quantitative estimate of drug-likeness (QED) is 0.755. The second kappa shape index (κ2) is 6.09. The maximum absolute atomic E-state index is 10.0. The molecule has 0 saturated heterocycles. The van der Waals surface area contributed by atoms with Crippen molar-refractivity contribution in [3.63, 3.8) is 0 Å². The van der Waals surface area contributed by atoms with Gasteiger partial charge in [0.05, 0.1) is 12.2 Å². The van der Waals surface area contributed by atoms with Gasteiger partial charge in [0.1, 0.15) is 5.75 Å². The molecule has 104 valence electrons. The minimum atomic E-state index is 0.270. The highest BCUT2D eigenvalue weighted by Crippen LogP contribution is 2.30. The van der Waals surface area contributed by atoms with Gasteiger partial charge in [-0.3, -0.25) is 4.98 Å². The van der Waals surface area contributed by atoms with Crippen LogP contribution in [0.25, 0.3) is 11.1 Å². The normalized spacial score (nSPS) is 10.3. The number of anilines is 1. The van der Waals surface area contributed by atoms with Crippen LogP contribution >= 0.6 is 0 Å².